The van der Waals surface area contributed by atoms with E-state index in [4.69, 9.17) is 4.52 Å². The number of aromatic nitrogens is 2. The van der Waals surface area contributed by atoms with Gasteiger partial charge in [0.2, 0.25) is 5.88 Å². The fourth-order valence-electron chi connectivity index (χ4n) is 2.09. The van der Waals surface area contributed by atoms with Crippen LogP contribution in [0.1, 0.15) is 26.5 Å². The highest BCUT2D eigenvalue weighted by Gasteiger charge is 2.19. The second-order valence-corrected chi connectivity index (χ2v) is 6.19. The monoisotopic (exact) mass is 298 g/mol. The molecule has 1 aromatic carbocycles. The first-order valence-electron chi connectivity index (χ1n) is 7.04. The SMILES string of the molecule is CC(C)(C)c1cc(NC(=O)Nc2ccc3[nH]ccc3c2)on1. The van der Waals surface area contributed by atoms with E-state index in [-0.39, 0.29) is 11.4 Å². The molecule has 0 aliphatic rings. The number of amides is 2. The molecule has 0 fully saturated rings. The summed E-state index contributed by atoms with van der Waals surface area (Å²) in [7, 11) is 0. The molecule has 2 amide bonds. The average molecular weight is 298 g/mol. The Balaban J connectivity index is 1.68. The first kappa shape index (κ1) is 14.2. The van der Waals surface area contributed by atoms with Gasteiger partial charge in [-0.15, -0.1) is 0 Å². The van der Waals surface area contributed by atoms with Crippen LogP contribution in [0.25, 0.3) is 10.9 Å². The third-order valence-electron chi connectivity index (χ3n) is 3.33. The fourth-order valence-corrected chi connectivity index (χ4v) is 2.09. The van der Waals surface area contributed by atoms with Gasteiger partial charge in [-0.2, -0.15) is 0 Å². The van der Waals surface area contributed by atoms with E-state index >= 15 is 0 Å². The van der Waals surface area contributed by atoms with Crippen molar-refractivity contribution in [1.29, 1.82) is 0 Å². The van der Waals surface area contributed by atoms with E-state index in [0.29, 0.717) is 11.6 Å². The van der Waals surface area contributed by atoms with Gasteiger partial charge in [0, 0.05) is 34.3 Å². The number of benzene rings is 1. The van der Waals surface area contributed by atoms with Crippen LogP contribution in [0.5, 0.6) is 0 Å². The van der Waals surface area contributed by atoms with Gasteiger partial charge >= 0.3 is 6.03 Å². The van der Waals surface area contributed by atoms with E-state index in [1.54, 1.807) is 6.07 Å². The topological polar surface area (TPSA) is 83.0 Å². The largest absolute Gasteiger partial charge is 0.361 e. The zero-order valence-corrected chi connectivity index (χ0v) is 12.7. The molecule has 6 heteroatoms. The van der Waals surface area contributed by atoms with Crippen molar-refractivity contribution in [3.8, 4) is 0 Å². The van der Waals surface area contributed by atoms with Gasteiger partial charge in [0.05, 0.1) is 5.69 Å². The molecule has 3 rings (SSSR count). The van der Waals surface area contributed by atoms with Gasteiger partial charge in [-0.05, 0) is 24.3 Å². The molecule has 6 nitrogen and oxygen atoms in total. The number of aromatic amines is 1. The fraction of sp³-hybridized carbons (Fsp3) is 0.250. The van der Waals surface area contributed by atoms with Crippen LogP contribution in [0.2, 0.25) is 0 Å². The number of hydrogen-bond acceptors (Lipinski definition) is 3. The second-order valence-electron chi connectivity index (χ2n) is 6.19. The molecule has 0 spiro atoms. The van der Waals surface area contributed by atoms with Crippen molar-refractivity contribution in [1.82, 2.24) is 10.1 Å². The Morgan fingerprint density at radius 2 is 2.00 bits per heavy atom. The lowest BCUT2D eigenvalue weighted by Gasteiger charge is -2.12. The summed E-state index contributed by atoms with van der Waals surface area (Å²) in [4.78, 5) is 15.1. The van der Waals surface area contributed by atoms with E-state index < -0.39 is 0 Å². The van der Waals surface area contributed by atoms with Crippen molar-refractivity contribution >= 4 is 28.5 Å². The third kappa shape index (κ3) is 2.95. The Hall–Kier alpha value is -2.76. The standard InChI is InChI=1S/C16H18N4O2/c1-16(2,3)13-9-14(22-20-13)19-15(21)18-11-4-5-12-10(8-11)6-7-17-12/h4-9,17H,1-3H3,(H2,18,19,21). The smallest absolute Gasteiger partial charge is 0.326 e. The molecule has 2 heterocycles. The van der Waals surface area contributed by atoms with Crippen molar-refractivity contribution in [2.75, 3.05) is 10.6 Å². The predicted molar refractivity (Wildman–Crippen MR) is 86.1 cm³/mol. The van der Waals surface area contributed by atoms with Crippen molar-refractivity contribution in [3.63, 3.8) is 0 Å². The highest BCUT2D eigenvalue weighted by Crippen LogP contribution is 2.24. The van der Waals surface area contributed by atoms with Gasteiger partial charge in [-0.3, -0.25) is 5.32 Å². The summed E-state index contributed by atoms with van der Waals surface area (Å²) >= 11 is 0. The number of rotatable bonds is 2. The molecule has 3 N–H and O–H groups in total. The molecular weight excluding hydrogens is 280 g/mol. The number of nitrogens with one attached hydrogen (secondary N) is 3. The molecule has 0 radical (unpaired) electrons. The third-order valence-corrected chi connectivity index (χ3v) is 3.33. The molecule has 2 aromatic heterocycles. The molecule has 22 heavy (non-hydrogen) atoms. The number of anilines is 2. The van der Waals surface area contributed by atoms with Gasteiger partial charge < -0.3 is 14.8 Å². The summed E-state index contributed by atoms with van der Waals surface area (Å²) in [5.74, 6) is 0.324. The summed E-state index contributed by atoms with van der Waals surface area (Å²) in [6, 6.07) is 8.95. The van der Waals surface area contributed by atoms with Crippen LogP contribution < -0.4 is 10.6 Å². The molecule has 0 bridgehead atoms. The molecule has 114 valence electrons. The van der Waals surface area contributed by atoms with E-state index in [0.717, 1.165) is 16.6 Å². The van der Waals surface area contributed by atoms with Crippen LogP contribution in [0.15, 0.2) is 41.1 Å². The maximum atomic E-state index is 12.0. The van der Waals surface area contributed by atoms with Gasteiger partial charge in [-0.1, -0.05) is 25.9 Å². The summed E-state index contributed by atoms with van der Waals surface area (Å²) in [6.07, 6.45) is 1.86. The quantitative estimate of drug-likeness (QED) is 0.666. The Kier molecular flexibility index (Phi) is 3.36. The summed E-state index contributed by atoms with van der Waals surface area (Å²) in [6.45, 7) is 6.09. The lowest BCUT2D eigenvalue weighted by molar-refractivity contribution is 0.261. The molecular formula is C16H18N4O2. The number of nitrogens with zero attached hydrogens (tertiary/aromatic N) is 1. The Morgan fingerprint density at radius 1 is 1.18 bits per heavy atom. The summed E-state index contributed by atoms with van der Waals surface area (Å²) in [5.41, 5.74) is 2.40. The Bertz CT molecular complexity index is 811. The van der Waals surface area contributed by atoms with Crippen LogP contribution >= 0.6 is 0 Å². The molecule has 0 saturated heterocycles. The molecule has 0 aliphatic heterocycles. The van der Waals surface area contributed by atoms with E-state index in [1.807, 2.05) is 51.2 Å². The second kappa shape index (κ2) is 5.22. The van der Waals surface area contributed by atoms with Crippen LogP contribution in [0, 0.1) is 0 Å². The van der Waals surface area contributed by atoms with Crippen LogP contribution in [0.3, 0.4) is 0 Å². The molecule has 0 saturated carbocycles. The lowest BCUT2D eigenvalue weighted by Crippen LogP contribution is -2.19. The minimum absolute atomic E-state index is 0.126. The molecule has 0 aliphatic carbocycles. The van der Waals surface area contributed by atoms with Crippen LogP contribution in [-0.2, 0) is 5.41 Å². The van der Waals surface area contributed by atoms with Crippen LogP contribution in [0.4, 0.5) is 16.4 Å². The van der Waals surface area contributed by atoms with Gasteiger partial charge in [0.25, 0.3) is 0 Å². The number of carbonyl (C=O) groups is 1. The number of H-pyrrole nitrogens is 1. The van der Waals surface area contributed by atoms with Gasteiger partial charge in [0.15, 0.2) is 0 Å². The van der Waals surface area contributed by atoms with Crippen LogP contribution in [-0.4, -0.2) is 16.2 Å². The molecule has 3 aromatic rings. The number of urea groups is 1. The Morgan fingerprint density at radius 3 is 2.73 bits per heavy atom. The van der Waals surface area contributed by atoms with E-state index in [2.05, 4.69) is 20.8 Å². The Labute approximate surface area is 127 Å². The zero-order chi connectivity index (χ0) is 15.7. The molecule has 0 unspecified atom stereocenters. The highest BCUT2D eigenvalue weighted by atomic mass is 16.5. The van der Waals surface area contributed by atoms with E-state index in [1.165, 1.54) is 0 Å². The van der Waals surface area contributed by atoms with Crippen molar-refractivity contribution in [2.45, 2.75) is 26.2 Å². The van der Waals surface area contributed by atoms with E-state index in [9.17, 15) is 4.79 Å². The van der Waals surface area contributed by atoms with Crippen molar-refractivity contribution < 1.29 is 9.32 Å². The number of hydrogen-bond donors (Lipinski definition) is 3. The minimum atomic E-state index is -0.369. The summed E-state index contributed by atoms with van der Waals surface area (Å²) < 4.78 is 5.13. The molecule has 0 atom stereocenters. The first-order valence-corrected chi connectivity index (χ1v) is 7.04. The average Bonchev–Trinajstić information content (AvgIpc) is 3.05. The number of carbonyl (C=O) groups excluding carboxylic acids is 1. The van der Waals surface area contributed by atoms with Gasteiger partial charge in [-0.25, -0.2) is 4.79 Å². The van der Waals surface area contributed by atoms with Gasteiger partial charge in [0.1, 0.15) is 0 Å². The van der Waals surface area contributed by atoms with Crippen molar-refractivity contribution in [2.24, 2.45) is 0 Å². The minimum Gasteiger partial charge on any atom is -0.361 e. The zero-order valence-electron chi connectivity index (χ0n) is 12.7. The maximum absolute atomic E-state index is 12.0. The maximum Gasteiger partial charge on any atom is 0.326 e. The number of fused-ring (bicyclic) bond motifs is 1. The highest BCUT2D eigenvalue weighted by molar-refractivity contribution is 6.00. The summed E-state index contributed by atoms with van der Waals surface area (Å²) in [5, 5.41) is 10.4. The lowest BCUT2D eigenvalue weighted by atomic mass is 9.92. The van der Waals surface area contributed by atoms with Crippen molar-refractivity contribution in [3.05, 3.63) is 42.2 Å². The predicted octanol–water partition coefficient (Wildman–Crippen LogP) is 4.10. The first-order chi connectivity index (χ1) is 10.4. The normalized spacial score (nSPS) is 11.6.